The highest BCUT2D eigenvalue weighted by Gasteiger charge is 2.21. The van der Waals surface area contributed by atoms with Gasteiger partial charge < -0.3 is 9.80 Å². The van der Waals surface area contributed by atoms with Gasteiger partial charge in [0.25, 0.3) is 0 Å². The molecule has 1 aliphatic heterocycles. The highest BCUT2D eigenvalue weighted by atomic mass is 19.1. The number of aromatic nitrogens is 3. The van der Waals surface area contributed by atoms with Gasteiger partial charge in [0, 0.05) is 61.5 Å². The minimum atomic E-state index is -0.203. The molecule has 30 heavy (non-hydrogen) atoms. The van der Waals surface area contributed by atoms with Gasteiger partial charge in [-0.2, -0.15) is 5.10 Å². The molecule has 0 saturated carbocycles. The molecule has 0 unspecified atom stereocenters. The Hall–Kier alpha value is -3.54. The highest BCUT2D eigenvalue weighted by Crippen LogP contribution is 2.28. The van der Waals surface area contributed by atoms with Gasteiger partial charge in [0.1, 0.15) is 5.82 Å². The summed E-state index contributed by atoms with van der Waals surface area (Å²) in [6.07, 6.45) is 4.34. The van der Waals surface area contributed by atoms with Crippen LogP contribution in [0.2, 0.25) is 0 Å². The molecule has 3 heterocycles. The summed E-state index contributed by atoms with van der Waals surface area (Å²) in [6, 6.07) is 19.1. The SMILES string of the molecule is Fc1ccc(N2CCN(c3nnc(Cc4ccncc4)c4ccccc34)CC2)cc1. The van der Waals surface area contributed by atoms with Crippen molar-refractivity contribution in [2.45, 2.75) is 6.42 Å². The van der Waals surface area contributed by atoms with Crippen LogP contribution in [0.4, 0.5) is 15.9 Å². The quantitative estimate of drug-likeness (QED) is 0.517. The van der Waals surface area contributed by atoms with Gasteiger partial charge in [-0.3, -0.25) is 4.98 Å². The van der Waals surface area contributed by atoms with Crippen molar-refractivity contribution < 1.29 is 4.39 Å². The van der Waals surface area contributed by atoms with Gasteiger partial charge in [-0.05, 0) is 42.0 Å². The third-order valence-corrected chi connectivity index (χ3v) is 5.64. The molecule has 0 spiro atoms. The fourth-order valence-electron chi connectivity index (χ4n) is 4.03. The van der Waals surface area contributed by atoms with E-state index in [1.54, 1.807) is 12.4 Å². The van der Waals surface area contributed by atoms with Gasteiger partial charge in [-0.25, -0.2) is 4.39 Å². The van der Waals surface area contributed by atoms with Gasteiger partial charge in [0.2, 0.25) is 0 Å². The molecule has 2 aromatic carbocycles. The second-order valence-corrected chi connectivity index (χ2v) is 7.50. The summed E-state index contributed by atoms with van der Waals surface area (Å²) in [5, 5.41) is 11.5. The van der Waals surface area contributed by atoms with Crippen LogP contribution in [-0.4, -0.2) is 41.4 Å². The van der Waals surface area contributed by atoms with Gasteiger partial charge in [0.05, 0.1) is 5.69 Å². The summed E-state index contributed by atoms with van der Waals surface area (Å²) in [5.41, 5.74) is 3.20. The number of halogens is 1. The molecular formula is C24H22FN5. The molecule has 4 aromatic rings. The standard InChI is InChI=1S/C24H22FN5/c25-19-5-7-20(8-6-19)29-13-15-30(16-14-29)24-22-4-2-1-3-21(22)23(27-28-24)17-18-9-11-26-12-10-18/h1-12H,13-17H2. The normalized spacial score (nSPS) is 14.3. The van der Waals surface area contributed by atoms with E-state index in [9.17, 15) is 4.39 Å². The number of hydrogen-bond donors (Lipinski definition) is 0. The largest absolute Gasteiger partial charge is 0.368 e. The summed E-state index contributed by atoms with van der Waals surface area (Å²) >= 11 is 0. The fourth-order valence-corrected chi connectivity index (χ4v) is 4.03. The Kier molecular flexibility index (Phi) is 4.97. The summed E-state index contributed by atoms with van der Waals surface area (Å²) in [6.45, 7) is 3.42. The van der Waals surface area contributed by atoms with Crippen LogP contribution in [0.5, 0.6) is 0 Å². The van der Waals surface area contributed by atoms with Crippen molar-refractivity contribution in [3.63, 3.8) is 0 Å². The molecule has 5 rings (SSSR count). The van der Waals surface area contributed by atoms with E-state index in [4.69, 9.17) is 0 Å². The lowest BCUT2D eigenvalue weighted by molar-refractivity contribution is 0.624. The minimum absolute atomic E-state index is 0.203. The van der Waals surface area contributed by atoms with E-state index >= 15 is 0 Å². The Morgan fingerprint density at radius 1 is 0.733 bits per heavy atom. The van der Waals surface area contributed by atoms with Crippen molar-refractivity contribution in [3.8, 4) is 0 Å². The number of anilines is 2. The molecule has 0 radical (unpaired) electrons. The van der Waals surface area contributed by atoms with E-state index in [0.29, 0.717) is 0 Å². The van der Waals surface area contributed by atoms with E-state index < -0.39 is 0 Å². The first kappa shape index (κ1) is 18.5. The van der Waals surface area contributed by atoms with Crippen LogP contribution >= 0.6 is 0 Å². The fraction of sp³-hybridized carbons (Fsp3) is 0.208. The van der Waals surface area contributed by atoms with Crippen molar-refractivity contribution >= 4 is 22.3 Å². The number of fused-ring (bicyclic) bond motifs is 1. The van der Waals surface area contributed by atoms with Crippen LogP contribution in [0.15, 0.2) is 73.1 Å². The smallest absolute Gasteiger partial charge is 0.159 e. The second kappa shape index (κ2) is 8.06. The molecule has 5 nitrogen and oxygen atoms in total. The summed E-state index contributed by atoms with van der Waals surface area (Å²) < 4.78 is 13.2. The van der Waals surface area contributed by atoms with Crippen LogP contribution in [0.25, 0.3) is 10.8 Å². The molecule has 1 aliphatic rings. The third kappa shape index (κ3) is 3.68. The number of rotatable bonds is 4. The zero-order chi connectivity index (χ0) is 20.3. The maximum Gasteiger partial charge on any atom is 0.159 e. The van der Waals surface area contributed by atoms with Crippen LogP contribution in [0, 0.1) is 5.82 Å². The zero-order valence-corrected chi connectivity index (χ0v) is 16.6. The van der Waals surface area contributed by atoms with Crippen molar-refractivity contribution in [2.24, 2.45) is 0 Å². The van der Waals surface area contributed by atoms with Crippen LogP contribution in [-0.2, 0) is 6.42 Å². The Balaban J connectivity index is 1.39. The molecule has 0 atom stereocenters. The number of piperazine rings is 1. The zero-order valence-electron chi connectivity index (χ0n) is 16.6. The predicted molar refractivity (Wildman–Crippen MR) is 117 cm³/mol. The third-order valence-electron chi connectivity index (χ3n) is 5.64. The van der Waals surface area contributed by atoms with Crippen LogP contribution in [0.3, 0.4) is 0 Å². The van der Waals surface area contributed by atoms with Crippen molar-refractivity contribution in [1.82, 2.24) is 15.2 Å². The molecule has 1 saturated heterocycles. The lowest BCUT2D eigenvalue weighted by Crippen LogP contribution is -2.47. The van der Waals surface area contributed by atoms with Crippen molar-refractivity contribution in [3.05, 3.63) is 90.1 Å². The second-order valence-electron chi connectivity index (χ2n) is 7.50. The monoisotopic (exact) mass is 399 g/mol. The van der Waals surface area contributed by atoms with E-state index in [0.717, 1.165) is 60.6 Å². The molecule has 6 heteroatoms. The van der Waals surface area contributed by atoms with Crippen LogP contribution < -0.4 is 9.80 Å². The number of nitrogens with zero attached hydrogens (tertiary/aromatic N) is 5. The van der Waals surface area contributed by atoms with Gasteiger partial charge >= 0.3 is 0 Å². The summed E-state index contributed by atoms with van der Waals surface area (Å²) in [5.74, 6) is 0.730. The Labute approximate surface area is 174 Å². The lowest BCUT2D eigenvalue weighted by Gasteiger charge is -2.37. The first-order valence-corrected chi connectivity index (χ1v) is 10.2. The summed E-state index contributed by atoms with van der Waals surface area (Å²) in [4.78, 5) is 8.67. The molecule has 0 bridgehead atoms. The maximum atomic E-state index is 13.2. The van der Waals surface area contributed by atoms with Crippen molar-refractivity contribution in [2.75, 3.05) is 36.0 Å². The first-order chi connectivity index (χ1) is 14.8. The summed E-state index contributed by atoms with van der Waals surface area (Å²) in [7, 11) is 0. The van der Waals surface area contributed by atoms with E-state index in [1.165, 1.54) is 17.7 Å². The van der Waals surface area contributed by atoms with Crippen molar-refractivity contribution in [1.29, 1.82) is 0 Å². The lowest BCUT2D eigenvalue weighted by atomic mass is 10.0. The average Bonchev–Trinajstić information content (AvgIpc) is 2.81. The Morgan fingerprint density at radius 3 is 2.13 bits per heavy atom. The molecular weight excluding hydrogens is 377 g/mol. The minimum Gasteiger partial charge on any atom is -0.368 e. The topological polar surface area (TPSA) is 45.2 Å². The molecule has 150 valence electrons. The maximum absolute atomic E-state index is 13.2. The Bertz CT molecular complexity index is 1140. The number of hydrogen-bond acceptors (Lipinski definition) is 5. The van der Waals surface area contributed by atoms with E-state index in [2.05, 4.69) is 49.2 Å². The van der Waals surface area contributed by atoms with Gasteiger partial charge in [0.15, 0.2) is 5.82 Å². The van der Waals surface area contributed by atoms with E-state index in [-0.39, 0.29) is 5.82 Å². The van der Waals surface area contributed by atoms with E-state index in [1.807, 2.05) is 24.3 Å². The molecule has 0 N–H and O–H groups in total. The molecule has 0 amide bonds. The molecule has 0 aliphatic carbocycles. The molecule has 2 aromatic heterocycles. The number of pyridine rings is 1. The average molecular weight is 399 g/mol. The molecule has 1 fully saturated rings. The highest BCUT2D eigenvalue weighted by molar-refractivity contribution is 5.93. The predicted octanol–water partition coefficient (Wildman–Crippen LogP) is 4.08. The van der Waals surface area contributed by atoms with Gasteiger partial charge in [-0.15, -0.1) is 5.10 Å². The van der Waals surface area contributed by atoms with Crippen LogP contribution in [0.1, 0.15) is 11.3 Å². The first-order valence-electron chi connectivity index (χ1n) is 10.2. The Morgan fingerprint density at radius 2 is 1.40 bits per heavy atom. The number of benzene rings is 2. The van der Waals surface area contributed by atoms with Gasteiger partial charge in [-0.1, -0.05) is 24.3 Å².